The van der Waals surface area contributed by atoms with E-state index in [1.54, 1.807) is 6.92 Å². The normalized spacial score (nSPS) is 12.0. The van der Waals surface area contributed by atoms with Crippen molar-refractivity contribution < 1.29 is 23.1 Å². The minimum absolute atomic E-state index is 0.0335. The van der Waals surface area contributed by atoms with Crippen LogP contribution in [-0.2, 0) is 16.1 Å². The lowest BCUT2D eigenvalue weighted by molar-refractivity contribution is -0.129. The van der Waals surface area contributed by atoms with Gasteiger partial charge in [-0.2, -0.15) is 0 Å². The number of amides is 1. The molecule has 1 N–H and O–H groups in total. The maximum atomic E-state index is 13.4. The highest BCUT2D eigenvalue weighted by atomic mass is 19.1. The van der Waals surface area contributed by atoms with E-state index >= 15 is 0 Å². The van der Waals surface area contributed by atoms with Crippen molar-refractivity contribution in [2.45, 2.75) is 33.4 Å². The van der Waals surface area contributed by atoms with Crippen molar-refractivity contribution in [3.63, 3.8) is 0 Å². The summed E-state index contributed by atoms with van der Waals surface area (Å²) in [6.45, 7) is 5.45. The van der Waals surface area contributed by atoms with Gasteiger partial charge in [-0.05, 0) is 44.5 Å². The van der Waals surface area contributed by atoms with Crippen molar-refractivity contribution in [3.05, 3.63) is 70.7 Å². The van der Waals surface area contributed by atoms with Crippen LogP contribution in [-0.4, -0.2) is 18.0 Å². The molecule has 0 saturated heterocycles. The molecule has 0 saturated carbocycles. The van der Waals surface area contributed by atoms with Crippen molar-refractivity contribution in [1.82, 2.24) is 5.32 Å². The molecule has 27 heavy (non-hydrogen) atoms. The Balaban J connectivity index is 1.63. The van der Waals surface area contributed by atoms with Crippen molar-refractivity contribution in [2.24, 2.45) is 0 Å². The highest BCUT2D eigenvalue weighted by molar-refractivity contribution is 5.97. The molecule has 1 aromatic heterocycles. The van der Waals surface area contributed by atoms with E-state index in [4.69, 9.17) is 9.15 Å². The maximum absolute atomic E-state index is 13.4. The number of nitrogens with one attached hydrogen (secondary N) is 1. The molecule has 0 bridgehead atoms. The van der Waals surface area contributed by atoms with E-state index < -0.39 is 23.8 Å². The quantitative estimate of drug-likeness (QED) is 0.689. The minimum Gasteiger partial charge on any atom is -0.449 e. The van der Waals surface area contributed by atoms with Crippen LogP contribution < -0.4 is 5.32 Å². The Labute approximate surface area is 156 Å². The summed E-state index contributed by atoms with van der Waals surface area (Å²) < 4.78 is 24.1. The molecule has 6 heteroatoms. The first kappa shape index (κ1) is 18.6. The highest BCUT2D eigenvalue weighted by Crippen LogP contribution is 2.26. The molecule has 5 nitrogen and oxygen atoms in total. The molecule has 3 aromatic rings. The van der Waals surface area contributed by atoms with Gasteiger partial charge in [0.05, 0.1) is 0 Å². The zero-order chi connectivity index (χ0) is 19.6. The molecule has 1 heterocycles. The number of rotatable bonds is 5. The fourth-order valence-electron chi connectivity index (χ4n) is 2.69. The summed E-state index contributed by atoms with van der Waals surface area (Å²) >= 11 is 0. The van der Waals surface area contributed by atoms with E-state index in [9.17, 15) is 14.0 Å². The predicted molar refractivity (Wildman–Crippen MR) is 98.8 cm³/mol. The highest BCUT2D eigenvalue weighted by Gasteiger charge is 2.24. The van der Waals surface area contributed by atoms with Gasteiger partial charge in [0.25, 0.3) is 5.91 Å². The van der Waals surface area contributed by atoms with Crippen LogP contribution in [0.15, 0.2) is 46.9 Å². The van der Waals surface area contributed by atoms with Gasteiger partial charge in [0, 0.05) is 17.5 Å². The number of esters is 1. The van der Waals surface area contributed by atoms with Crippen molar-refractivity contribution >= 4 is 22.8 Å². The summed E-state index contributed by atoms with van der Waals surface area (Å²) in [7, 11) is 0. The van der Waals surface area contributed by atoms with E-state index in [2.05, 4.69) is 5.32 Å². The molecular formula is C21H20FNO4. The van der Waals surface area contributed by atoms with E-state index in [-0.39, 0.29) is 5.76 Å². The molecule has 0 aliphatic rings. The van der Waals surface area contributed by atoms with Crippen molar-refractivity contribution in [2.75, 3.05) is 0 Å². The van der Waals surface area contributed by atoms with Gasteiger partial charge >= 0.3 is 5.97 Å². The Hall–Kier alpha value is -3.15. The Bertz CT molecular complexity index is 991. The topological polar surface area (TPSA) is 68.5 Å². The number of ether oxygens (including phenoxy) is 1. The standard InChI is InChI=1S/C21H20FNO4/c1-12-4-6-15(7-5-12)11-23-20(24)14(3)26-21(25)19-13(2)17-10-16(22)8-9-18(17)27-19/h4-10,14H,11H2,1-3H3,(H,23,24)/t14-/m1/s1. The molecule has 3 rings (SSSR count). The first-order chi connectivity index (χ1) is 12.8. The average Bonchev–Trinajstić information content (AvgIpc) is 2.97. The molecule has 0 spiro atoms. The Kier molecular flexibility index (Phi) is 5.26. The van der Waals surface area contributed by atoms with Crippen LogP contribution in [0.25, 0.3) is 11.0 Å². The zero-order valence-electron chi connectivity index (χ0n) is 15.3. The Morgan fingerprint density at radius 2 is 1.85 bits per heavy atom. The second-order valence-electron chi connectivity index (χ2n) is 6.45. The fourth-order valence-corrected chi connectivity index (χ4v) is 2.69. The SMILES string of the molecule is Cc1ccc(CNC(=O)[C@@H](C)OC(=O)c2oc3ccc(F)cc3c2C)cc1. The van der Waals surface area contributed by atoms with Crippen LogP contribution >= 0.6 is 0 Å². The first-order valence-corrected chi connectivity index (χ1v) is 8.58. The van der Waals surface area contributed by atoms with Crippen LogP contribution in [0.4, 0.5) is 4.39 Å². The fraction of sp³-hybridized carbons (Fsp3) is 0.238. The number of carbonyl (C=O) groups is 2. The summed E-state index contributed by atoms with van der Waals surface area (Å²) in [6.07, 6.45) is -0.993. The molecule has 140 valence electrons. The van der Waals surface area contributed by atoms with Gasteiger partial charge in [-0.25, -0.2) is 9.18 Å². The third kappa shape index (κ3) is 4.16. The molecule has 0 aliphatic carbocycles. The van der Waals surface area contributed by atoms with E-state index in [1.165, 1.54) is 25.1 Å². The molecule has 0 aliphatic heterocycles. The second-order valence-corrected chi connectivity index (χ2v) is 6.45. The van der Waals surface area contributed by atoms with E-state index in [1.807, 2.05) is 31.2 Å². The average molecular weight is 369 g/mol. The van der Waals surface area contributed by atoms with Gasteiger partial charge < -0.3 is 14.5 Å². The predicted octanol–water partition coefficient (Wildman–Crippen LogP) is 4.05. The van der Waals surface area contributed by atoms with Crippen LogP contribution in [0.1, 0.15) is 34.2 Å². The number of carbonyl (C=O) groups excluding carboxylic acids is 2. The molecule has 1 amide bonds. The molecule has 1 atom stereocenters. The van der Waals surface area contributed by atoms with Gasteiger partial charge in [-0.15, -0.1) is 0 Å². The third-order valence-corrected chi connectivity index (χ3v) is 4.32. The third-order valence-electron chi connectivity index (χ3n) is 4.32. The van der Waals surface area contributed by atoms with E-state index in [0.717, 1.165) is 11.1 Å². The number of aryl methyl sites for hydroxylation is 2. The van der Waals surface area contributed by atoms with Crippen molar-refractivity contribution in [3.8, 4) is 0 Å². The van der Waals surface area contributed by atoms with Gasteiger partial charge in [0.2, 0.25) is 5.76 Å². The number of halogens is 1. The van der Waals surface area contributed by atoms with Crippen LogP contribution in [0.2, 0.25) is 0 Å². The Morgan fingerprint density at radius 1 is 1.15 bits per heavy atom. The van der Waals surface area contributed by atoms with Gasteiger partial charge in [0.15, 0.2) is 6.10 Å². The van der Waals surface area contributed by atoms with Gasteiger partial charge in [0.1, 0.15) is 11.4 Å². The minimum atomic E-state index is -0.993. The second kappa shape index (κ2) is 7.61. The molecular weight excluding hydrogens is 349 g/mol. The smallest absolute Gasteiger partial charge is 0.375 e. The number of fused-ring (bicyclic) bond motifs is 1. The molecule has 2 aromatic carbocycles. The summed E-state index contributed by atoms with van der Waals surface area (Å²) in [5.41, 5.74) is 2.94. The van der Waals surface area contributed by atoms with Crippen LogP contribution in [0, 0.1) is 19.7 Å². The lowest BCUT2D eigenvalue weighted by atomic mass is 10.1. The lowest BCUT2D eigenvalue weighted by Gasteiger charge is -2.13. The van der Waals surface area contributed by atoms with Gasteiger partial charge in [-0.3, -0.25) is 4.79 Å². The molecule has 0 radical (unpaired) electrons. The summed E-state index contributed by atoms with van der Waals surface area (Å²) in [5.74, 6) is -1.63. The summed E-state index contributed by atoms with van der Waals surface area (Å²) in [6, 6.07) is 11.7. The monoisotopic (exact) mass is 369 g/mol. The number of hydrogen-bond donors (Lipinski definition) is 1. The number of hydrogen-bond acceptors (Lipinski definition) is 4. The van der Waals surface area contributed by atoms with Crippen molar-refractivity contribution in [1.29, 1.82) is 0 Å². The first-order valence-electron chi connectivity index (χ1n) is 8.58. The lowest BCUT2D eigenvalue weighted by Crippen LogP contribution is -2.35. The maximum Gasteiger partial charge on any atom is 0.375 e. The zero-order valence-corrected chi connectivity index (χ0v) is 15.3. The van der Waals surface area contributed by atoms with E-state index in [0.29, 0.717) is 23.1 Å². The Morgan fingerprint density at radius 3 is 2.56 bits per heavy atom. The van der Waals surface area contributed by atoms with Crippen LogP contribution in [0.3, 0.4) is 0 Å². The molecule has 0 fully saturated rings. The number of benzene rings is 2. The van der Waals surface area contributed by atoms with Crippen LogP contribution in [0.5, 0.6) is 0 Å². The number of furan rings is 1. The summed E-state index contributed by atoms with van der Waals surface area (Å²) in [5, 5.41) is 3.23. The summed E-state index contributed by atoms with van der Waals surface area (Å²) in [4.78, 5) is 24.5. The molecule has 0 unspecified atom stereocenters. The largest absolute Gasteiger partial charge is 0.449 e. The van der Waals surface area contributed by atoms with Gasteiger partial charge in [-0.1, -0.05) is 29.8 Å².